The van der Waals surface area contributed by atoms with Crippen molar-refractivity contribution in [3.63, 3.8) is 0 Å². The highest BCUT2D eigenvalue weighted by Gasteiger charge is 2.25. The fourth-order valence-electron chi connectivity index (χ4n) is 1.83. The first-order valence-corrected chi connectivity index (χ1v) is 6.49. The van der Waals surface area contributed by atoms with Crippen molar-refractivity contribution in [3.8, 4) is 0 Å². The van der Waals surface area contributed by atoms with Crippen LogP contribution in [0.4, 0.5) is 0 Å². The van der Waals surface area contributed by atoms with Crippen LogP contribution in [0.5, 0.6) is 0 Å². The Morgan fingerprint density at radius 1 is 1.06 bits per heavy atom. The Kier molecular flexibility index (Phi) is 3.57. The molecule has 0 saturated carbocycles. The van der Waals surface area contributed by atoms with Gasteiger partial charge in [-0.05, 0) is 36.2 Å². The van der Waals surface area contributed by atoms with E-state index in [0.717, 1.165) is 15.6 Å². The van der Waals surface area contributed by atoms with Gasteiger partial charge in [0, 0.05) is 9.50 Å². The summed E-state index contributed by atoms with van der Waals surface area (Å²) in [5.74, 6) is 0. The highest BCUT2D eigenvalue weighted by atomic mass is 79.9. The Morgan fingerprint density at radius 2 is 1.65 bits per heavy atom. The minimum absolute atomic E-state index is 0.584. The van der Waals surface area contributed by atoms with Gasteiger partial charge in [0.15, 0.2) is 0 Å². The van der Waals surface area contributed by atoms with E-state index in [0.29, 0.717) is 5.02 Å². The largest absolute Gasteiger partial charge is 0.318 e. The molecule has 1 nitrogen and oxygen atoms in total. The molecule has 0 aromatic heterocycles. The van der Waals surface area contributed by atoms with Gasteiger partial charge in [0.2, 0.25) is 0 Å². The molecule has 0 bridgehead atoms. The first kappa shape index (κ1) is 12.6. The summed E-state index contributed by atoms with van der Waals surface area (Å²) in [4.78, 5) is 0. The lowest BCUT2D eigenvalue weighted by molar-refractivity contribution is 0.603. The normalized spacial score (nSPS) is 14.4. The molecule has 2 rings (SSSR count). The molecule has 2 N–H and O–H groups in total. The smallest absolute Gasteiger partial charge is 0.0651 e. The molecule has 0 spiro atoms. The first-order valence-electron chi connectivity index (χ1n) is 5.32. The van der Waals surface area contributed by atoms with Crippen molar-refractivity contribution < 1.29 is 0 Å². The molecule has 17 heavy (non-hydrogen) atoms. The van der Waals surface area contributed by atoms with E-state index < -0.39 is 5.54 Å². The summed E-state index contributed by atoms with van der Waals surface area (Å²) in [6.07, 6.45) is 0. The molecule has 2 aromatic rings. The fraction of sp³-hybridized carbons (Fsp3) is 0.143. The molecule has 0 aliphatic rings. The van der Waals surface area contributed by atoms with Gasteiger partial charge in [-0.25, -0.2) is 0 Å². The van der Waals surface area contributed by atoms with Crippen molar-refractivity contribution in [1.29, 1.82) is 0 Å². The molecule has 0 aliphatic heterocycles. The van der Waals surface area contributed by atoms with Crippen LogP contribution in [0.25, 0.3) is 0 Å². The summed E-state index contributed by atoms with van der Waals surface area (Å²) < 4.78 is 1.04. The van der Waals surface area contributed by atoms with Crippen LogP contribution in [0.15, 0.2) is 53.0 Å². The van der Waals surface area contributed by atoms with E-state index in [1.54, 1.807) is 0 Å². The highest BCUT2D eigenvalue weighted by Crippen LogP contribution is 2.32. The maximum absolute atomic E-state index is 6.41. The average molecular weight is 311 g/mol. The second kappa shape index (κ2) is 4.81. The Balaban J connectivity index is 2.49. The molecule has 88 valence electrons. The van der Waals surface area contributed by atoms with Gasteiger partial charge in [-0.15, -0.1) is 0 Å². The van der Waals surface area contributed by atoms with Crippen LogP contribution in [0.1, 0.15) is 18.1 Å². The number of hydrogen-bond donors (Lipinski definition) is 1. The van der Waals surface area contributed by atoms with Crippen LogP contribution in [-0.2, 0) is 5.54 Å². The maximum atomic E-state index is 6.41. The zero-order valence-electron chi connectivity index (χ0n) is 9.45. The van der Waals surface area contributed by atoms with Crippen LogP contribution in [0.2, 0.25) is 5.02 Å². The molecular weight excluding hydrogens is 298 g/mol. The predicted molar refractivity (Wildman–Crippen MR) is 76.2 cm³/mol. The summed E-state index contributed by atoms with van der Waals surface area (Å²) in [6, 6.07) is 15.7. The van der Waals surface area contributed by atoms with Gasteiger partial charge in [-0.2, -0.15) is 0 Å². The van der Waals surface area contributed by atoms with Gasteiger partial charge in [0.25, 0.3) is 0 Å². The Hall–Kier alpha value is -0.830. The molecule has 0 heterocycles. The zero-order chi connectivity index (χ0) is 12.5. The first-order chi connectivity index (χ1) is 8.01. The Labute approximate surface area is 115 Å². The monoisotopic (exact) mass is 309 g/mol. The third-order valence-electron chi connectivity index (χ3n) is 2.88. The van der Waals surface area contributed by atoms with E-state index in [4.69, 9.17) is 17.3 Å². The SMILES string of the molecule is CC(N)(c1ccc(Br)cc1)c1ccccc1Cl. The van der Waals surface area contributed by atoms with E-state index in [1.807, 2.05) is 55.5 Å². The second-order valence-corrected chi connectivity index (χ2v) is 5.51. The summed E-state index contributed by atoms with van der Waals surface area (Å²) >= 11 is 9.62. The topological polar surface area (TPSA) is 26.0 Å². The third kappa shape index (κ3) is 2.54. The number of nitrogens with two attached hydrogens (primary N) is 1. The molecule has 2 aromatic carbocycles. The number of benzene rings is 2. The molecule has 1 atom stereocenters. The van der Waals surface area contributed by atoms with E-state index in [1.165, 1.54) is 0 Å². The lowest BCUT2D eigenvalue weighted by Crippen LogP contribution is -2.34. The Bertz CT molecular complexity index is 520. The summed E-state index contributed by atoms with van der Waals surface area (Å²) in [5.41, 5.74) is 7.80. The van der Waals surface area contributed by atoms with E-state index >= 15 is 0 Å². The predicted octanol–water partition coefficient (Wildman–Crippen LogP) is 4.32. The van der Waals surface area contributed by atoms with Gasteiger partial charge in [0.05, 0.1) is 5.54 Å². The Morgan fingerprint density at radius 3 is 2.24 bits per heavy atom. The molecule has 1 unspecified atom stereocenters. The van der Waals surface area contributed by atoms with Crippen molar-refractivity contribution in [3.05, 3.63) is 69.2 Å². The van der Waals surface area contributed by atoms with Crippen molar-refractivity contribution in [2.75, 3.05) is 0 Å². The molecular formula is C14H13BrClN. The maximum Gasteiger partial charge on any atom is 0.0651 e. The number of rotatable bonds is 2. The average Bonchev–Trinajstić information content (AvgIpc) is 2.30. The van der Waals surface area contributed by atoms with Crippen LogP contribution in [0, 0.1) is 0 Å². The fourth-order valence-corrected chi connectivity index (χ4v) is 2.43. The van der Waals surface area contributed by atoms with Gasteiger partial charge in [-0.3, -0.25) is 0 Å². The van der Waals surface area contributed by atoms with Gasteiger partial charge >= 0.3 is 0 Å². The van der Waals surface area contributed by atoms with Crippen LogP contribution < -0.4 is 5.73 Å². The quantitative estimate of drug-likeness (QED) is 0.878. The number of halogens is 2. The third-order valence-corrected chi connectivity index (χ3v) is 3.74. The zero-order valence-corrected chi connectivity index (χ0v) is 11.8. The van der Waals surface area contributed by atoms with E-state index in [-0.39, 0.29) is 0 Å². The van der Waals surface area contributed by atoms with Crippen molar-refractivity contribution >= 4 is 27.5 Å². The van der Waals surface area contributed by atoms with Gasteiger partial charge < -0.3 is 5.73 Å². The van der Waals surface area contributed by atoms with Crippen LogP contribution in [0.3, 0.4) is 0 Å². The lowest BCUT2D eigenvalue weighted by atomic mass is 9.86. The van der Waals surface area contributed by atoms with Gasteiger partial charge in [-0.1, -0.05) is 57.9 Å². The molecule has 0 amide bonds. The van der Waals surface area contributed by atoms with Crippen LogP contribution in [-0.4, -0.2) is 0 Å². The number of hydrogen-bond acceptors (Lipinski definition) is 1. The molecule has 0 fully saturated rings. The summed E-state index contributed by atoms with van der Waals surface area (Å²) in [5, 5.41) is 0.695. The van der Waals surface area contributed by atoms with Crippen molar-refractivity contribution in [2.45, 2.75) is 12.5 Å². The molecule has 0 radical (unpaired) electrons. The standard InChI is InChI=1S/C14H13BrClN/c1-14(17,10-6-8-11(15)9-7-10)12-4-2-3-5-13(12)16/h2-9H,17H2,1H3. The molecule has 0 aliphatic carbocycles. The molecule has 0 saturated heterocycles. The van der Waals surface area contributed by atoms with E-state index in [2.05, 4.69) is 15.9 Å². The molecule has 3 heteroatoms. The van der Waals surface area contributed by atoms with Crippen molar-refractivity contribution in [2.24, 2.45) is 5.73 Å². The lowest BCUT2D eigenvalue weighted by Gasteiger charge is -2.27. The summed E-state index contributed by atoms with van der Waals surface area (Å²) in [7, 11) is 0. The van der Waals surface area contributed by atoms with Gasteiger partial charge in [0.1, 0.15) is 0 Å². The summed E-state index contributed by atoms with van der Waals surface area (Å²) in [6.45, 7) is 1.97. The minimum Gasteiger partial charge on any atom is -0.318 e. The second-order valence-electron chi connectivity index (χ2n) is 4.19. The van der Waals surface area contributed by atoms with Crippen molar-refractivity contribution in [1.82, 2.24) is 0 Å². The van der Waals surface area contributed by atoms with Crippen LogP contribution >= 0.6 is 27.5 Å². The highest BCUT2D eigenvalue weighted by molar-refractivity contribution is 9.10. The van der Waals surface area contributed by atoms with E-state index in [9.17, 15) is 0 Å². The minimum atomic E-state index is -0.584.